The van der Waals surface area contributed by atoms with Crippen LogP contribution >= 0.6 is 0 Å². The average molecular weight is 528 g/mol. The lowest BCUT2D eigenvalue weighted by Gasteiger charge is -2.36. The van der Waals surface area contributed by atoms with Crippen molar-refractivity contribution in [1.29, 1.82) is 0 Å². The standard InChI is InChI=1S/C29H41N3O6/c1-8-18-32(27(35)24(19(3)9-2)31-28(36)38-29(4,5)6)25(20-10-14-22(33)15-11-20)26(34)30-21-12-16-23(37-7)17-13-21/h10-17,19,24-25,33H,8-9,18H2,1-7H3,(H,30,34)(H,31,36). The van der Waals surface area contributed by atoms with Crippen LogP contribution < -0.4 is 15.4 Å². The fourth-order valence-corrected chi connectivity index (χ4v) is 3.92. The molecule has 0 aromatic heterocycles. The second-order valence-electron chi connectivity index (χ2n) is 10.3. The van der Waals surface area contributed by atoms with E-state index in [1.54, 1.807) is 64.3 Å². The van der Waals surface area contributed by atoms with Crippen LogP contribution in [0.25, 0.3) is 0 Å². The van der Waals surface area contributed by atoms with E-state index >= 15 is 0 Å². The maximum atomic E-state index is 14.1. The molecule has 208 valence electrons. The molecule has 9 nitrogen and oxygen atoms in total. The van der Waals surface area contributed by atoms with Crippen LogP contribution in [0.2, 0.25) is 0 Å². The van der Waals surface area contributed by atoms with Gasteiger partial charge in [0.15, 0.2) is 0 Å². The lowest BCUT2D eigenvalue weighted by atomic mass is 9.95. The van der Waals surface area contributed by atoms with Gasteiger partial charge in [-0.25, -0.2) is 4.79 Å². The van der Waals surface area contributed by atoms with Crippen molar-refractivity contribution in [3.05, 3.63) is 54.1 Å². The molecule has 9 heteroatoms. The molecule has 3 amide bonds. The summed E-state index contributed by atoms with van der Waals surface area (Å²) in [5, 5.41) is 15.5. The van der Waals surface area contributed by atoms with Gasteiger partial charge in [0.2, 0.25) is 5.91 Å². The number of nitrogens with one attached hydrogen (secondary N) is 2. The Morgan fingerprint density at radius 2 is 1.61 bits per heavy atom. The summed E-state index contributed by atoms with van der Waals surface area (Å²) in [5.74, 6) is -0.358. The number of ether oxygens (including phenoxy) is 2. The van der Waals surface area contributed by atoms with Crippen LogP contribution in [0.5, 0.6) is 11.5 Å². The molecular weight excluding hydrogens is 486 g/mol. The Hall–Kier alpha value is -3.75. The van der Waals surface area contributed by atoms with E-state index in [4.69, 9.17) is 9.47 Å². The minimum absolute atomic E-state index is 0.0421. The molecule has 2 aromatic carbocycles. The number of hydrogen-bond donors (Lipinski definition) is 3. The molecule has 3 atom stereocenters. The SMILES string of the molecule is CCCN(C(=O)C(NC(=O)OC(C)(C)C)C(C)CC)C(C(=O)Nc1ccc(OC)cc1)c1ccc(O)cc1. The highest BCUT2D eigenvalue weighted by Crippen LogP contribution is 2.28. The third-order valence-corrected chi connectivity index (χ3v) is 6.03. The quantitative estimate of drug-likeness (QED) is 0.367. The number of carbonyl (C=O) groups excluding carboxylic acids is 3. The number of rotatable bonds is 11. The Labute approximate surface area is 225 Å². The van der Waals surface area contributed by atoms with Crippen molar-refractivity contribution in [3.63, 3.8) is 0 Å². The van der Waals surface area contributed by atoms with Gasteiger partial charge >= 0.3 is 6.09 Å². The molecule has 0 aliphatic carbocycles. The van der Waals surface area contributed by atoms with E-state index in [1.807, 2.05) is 20.8 Å². The maximum Gasteiger partial charge on any atom is 0.408 e. The summed E-state index contributed by atoms with van der Waals surface area (Å²) < 4.78 is 10.6. The summed E-state index contributed by atoms with van der Waals surface area (Å²) in [5.41, 5.74) is 0.327. The largest absolute Gasteiger partial charge is 0.508 e. The number of anilines is 1. The second kappa shape index (κ2) is 13.7. The number of nitrogens with zero attached hydrogens (tertiary/aromatic N) is 1. The van der Waals surface area contributed by atoms with Crippen LogP contribution in [0, 0.1) is 5.92 Å². The number of phenols is 1. The van der Waals surface area contributed by atoms with E-state index in [9.17, 15) is 19.5 Å². The zero-order chi connectivity index (χ0) is 28.5. The predicted molar refractivity (Wildman–Crippen MR) is 147 cm³/mol. The third kappa shape index (κ3) is 8.68. The molecule has 3 unspecified atom stereocenters. The monoisotopic (exact) mass is 527 g/mol. The van der Waals surface area contributed by atoms with Crippen molar-refractivity contribution in [2.75, 3.05) is 19.0 Å². The van der Waals surface area contributed by atoms with Gasteiger partial charge in [-0.05, 0) is 75.1 Å². The van der Waals surface area contributed by atoms with E-state index in [-0.39, 0.29) is 18.2 Å². The molecule has 0 saturated carbocycles. The molecule has 0 radical (unpaired) electrons. The van der Waals surface area contributed by atoms with Crippen molar-refractivity contribution in [2.24, 2.45) is 5.92 Å². The lowest BCUT2D eigenvalue weighted by Crippen LogP contribution is -2.54. The molecule has 38 heavy (non-hydrogen) atoms. The van der Waals surface area contributed by atoms with E-state index in [0.717, 1.165) is 0 Å². The first kappa shape index (κ1) is 30.5. The van der Waals surface area contributed by atoms with Crippen LogP contribution in [-0.4, -0.2) is 53.2 Å². The van der Waals surface area contributed by atoms with Crippen LogP contribution in [0.3, 0.4) is 0 Å². The normalized spacial score (nSPS) is 13.6. The van der Waals surface area contributed by atoms with Crippen molar-refractivity contribution >= 4 is 23.6 Å². The maximum absolute atomic E-state index is 14.1. The van der Waals surface area contributed by atoms with Crippen LogP contribution in [0.4, 0.5) is 10.5 Å². The van der Waals surface area contributed by atoms with Gasteiger partial charge < -0.3 is 30.1 Å². The molecule has 0 bridgehead atoms. The van der Waals surface area contributed by atoms with Gasteiger partial charge in [0.1, 0.15) is 29.2 Å². The van der Waals surface area contributed by atoms with E-state index in [2.05, 4.69) is 10.6 Å². The van der Waals surface area contributed by atoms with Gasteiger partial charge in [-0.1, -0.05) is 39.3 Å². The molecule has 0 heterocycles. The molecule has 0 saturated heterocycles. The number of aromatic hydroxyl groups is 1. The predicted octanol–water partition coefficient (Wildman–Crippen LogP) is 5.26. The van der Waals surface area contributed by atoms with E-state index in [0.29, 0.717) is 29.8 Å². The zero-order valence-electron chi connectivity index (χ0n) is 23.4. The lowest BCUT2D eigenvalue weighted by molar-refractivity contribution is -0.141. The van der Waals surface area contributed by atoms with Gasteiger partial charge in [0, 0.05) is 12.2 Å². The Balaban J connectivity index is 2.48. The van der Waals surface area contributed by atoms with Gasteiger partial charge in [0.25, 0.3) is 5.91 Å². The number of phenolic OH excluding ortho intramolecular Hbond substituents is 1. The summed E-state index contributed by atoms with van der Waals surface area (Å²) in [6.45, 7) is 11.2. The van der Waals surface area contributed by atoms with Gasteiger partial charge in [-0.2, -0.15) is 0 Å². The smallest absolute Gasteiger partial charge is 0.408 e. The number of hydrogen-bond acceptors (Lipinski definition) is 6. The zero-order valence-corrected chi connectivity index (χ0v) is 23.4. The highest BCUT2D eigenvalue weighted by Gasteiger charge is 2.37. The molecule has 0 spiro atoms. The molecule has 0 fully saturated rings. The molecular formula is C29H41N3O6. The van der Waals surface area contributed by atoms with Crippen molar-refractivity contribution in [1.82, 2.24) is 10.2 Å². The summed E-state index contributed by atoms with van der Waals surface area (Å²) in [6, 6.07) is 11.1. The van der Waals surface area contributed by atoms with Crippen molar-refractivity contribution in [3.8, 4) is 11.5 Å². The summed E-state index contributed by atoms with van der Waals surface area (Å²) >= 11 is 0. The number of alkyl carbamates (subject to hydrolysis) is 1. The van der Waals surface area contributed by atoms with Crippen molar-refractivity contribution in [2.45, 2.75) is 72.1 Å². The van der Waals surface area contributed by atoms with E-state index in [1.165, 1.54) is 17.0 Å². The number of carbonyl (C=O) groups is 3. The van der Waals surface area contributed by atoms with E-state index < -0.39 is 35.6 Å². The van der Waals surface area contributed by atoms with Crippen LogP contribution in [0.15, 0.2) is 48.5 Å². The first-order valence-electron chi connectivity index (χ1n) is 12.9. The van der Waals surface area contributed by atoms with Crippen molar-refractivity contribution < 1.29 is 29.0 Å². The van der Waals surface area contributed by atoms with Crippen LogP contribution in [-0.2, 0) is 14.3 Å². The number of methoxy groups -OCH3 is 1. The molecule has 2 aromatic rings. The number of benzene rings is 2. The highest BCUT2D eigenvalue weighted by atomic mass is 16.6. The van der Waals surface area contributed by atoms with Gasteiger partial charge in [-0.3, -0.25) is 9.59 Å². The third-order valence-electron chi connectivity index (χ3n) is 6.03. The summed E-state index contributed by atoms with van der Waals surface area (Å²) in [7, 11) is 1.56. The first-order valence-corrected chi connectivity index (χ1v) is 12.9. The highest BCUT2D eigenvalue weighted by molar-refractivity contribution is 5.99. The molecule has 3 N–H and O–H groups in total. The second-order valence-corrected chi connectivity index (χ2v) is 10.3. The Kier molecular flexibility index (Phi) is 11.0. The summed E-state index contributed by atoms with van der Waals surface area (Å²) in [4.78, 5) is 41.9. The average Bonchev–Trinajstić information content (AvgIpc) is 2.86. The minimum Gasteiger partial charge on any atom is -0.508 e. The fraction of sp³-hybridized carbons (Fsp3) is 0.483. The topological polar surface area (TPSA) is 117 Å². The number of amides is 3. The molecule has 0 aliphatic rings. The molecule has 2 rings (SSSR count). The summed E-state index contributed by atoms with van der Waals surface area (Å²) in [6.07, 6.45) is 0.501. The van der Waals surface area contributed by atoms with Gasteiger partial charge in [-0.15, -0.1) is 0 Å². The van der Waals surface area contributed by atoms with Crippen LogP contribution in [0.1, 0.15) is 66.0 Å². The fourth-order valence-electron chi connectivity index (χ4n) is 3.92. The Morgan fingerprint density at radius 1 is 1.00 bits per heavy atom. The Bertz CT molecular complexity index is 1060. The minimum atomic E-state index is -1.02. The first-order chi connectivity index (χ1) is 17.9. The Morgan fingerprint density at radius 3 is 2.11 bits per heavy atom. The van der Waals surface area contributed by atoms with Gasteiger partial charge in [0.05, 0.1) is 7.11 Å². The molecule has 0 aliphatic heterocycles.